The van der Waals surface area contributed by atoms with E-state index in [0.717, 1.165) is 30.3 Å². The lowest BCUT2D eigenvalue weighted by molar-refractivity contribution is 0.301. The Bertz CT molecular complexity index is 958. The molecule has 2 aromatic carbocycles. The topological polar surface area (TPSA) is 113 Å². The van der Waals surface area contributed by atoms with E-state index in [9.17, 15) is 21.2 Å². The van der Waals surface area contributed by atoms with Gasteiger partial charge in [0, 0.05) is 6.54 Å². The van der Waals surface area contributed by atoms with Crippen molar-refractivity contribution in [2.75, 3.05) is 17.9 Å². The maximum Gasteiger partial charge on any atom is 0.261 e. The Kier molecular flexibility index (Phi) is 5.78. The van der Waals surface area contributed by atoms with Crippen molar-refractivity contribution in [1.82, 2.24) is 4.72 Å². The van der Waals surface area contributed by atoms with Crippen molar-refractivity contribution in [1.29, 1.82) is 0 Å². The summed E-state index contributed by atoms with van der Waals surface area (Å²) in [5.74, 6) is -0.545. The van der Waals surface area contributed by atoms with Gasteiger partial charge in [-0.1, -0.05) is 6.07 Å². The molecule has 0 heterocycles. The standard InChI is InChI=1S/C15H17FN2O5S2/c1-11-2-3-12(10-15(11)16)18-25(22,23)14-6-4-13(5-7-14)24(20,21)17-8-9-19/h2-7,10,17-19H,8-9H2,1H3. The molecular formula is C15H17FN2O5S2. The van der Waals surface area contributed by atoms with Gasteiger partial charge in [0.15, 0.2) is 0 Å². The molecule has 0 atom stereocenters. The molecule has 0 saturated heterocycles. The molecule has 0 unspecified atom stereocenters. The Morgan fingerprint density at radius 2 is 1.52 bits per heavy atom. The van der Waals surface area contributed by atoms with Gasteiger partial charge in [-0.25, -0.2) is 25.9 Å². The van der Waals surface area contributed by atoms with Gasteiger partial charge in [-0.3, -0.25) is 4.72 Å². The highest BCUT2D eigenvalue weighted by Gasteiger charge is 2.18. The van der Waals surface area contributed by atoms with Crippen molar-refractivity contribution < 1.29 is 26.3 Å². The molecule has 7 nitrogen and oxygen atoms in total. The fraction of sp³-hybridized carbons (Fsp3) is 0.200. The van der Waals surface area contributed by atoms with Crippen molar-refractivity contribution in [2.24, 2.45) is 0 Å². The number of anilines is 1. The highest BCUT2D eigenvalue weighted by atomic mass is 32.2. The molecule has 3 N–H and O–H groups in total. The molecular weight excluding hydrogens is 371 g/mol. The molecule has 0 amide bonds. The van der Waals surface area contributed by atoms with Gasteiger partial charge in [-0.15, -0.1) is 0 Å². The average molecular weight is 388 g/mol. The summed E-state index contributed by atoms with van der Waals surface area (Å²) in [4.78, 5) is -0.309. The van der Waals surface area contributed by atoms with E-state index in [1.165, 1.54) is 12.1 Å². The zero-order valence-corrected chi connectivity index (χ0v) is 14.9. The van der Waals surface area contributed by atoms with Crippen LogP contribution in [0.2, 0.25) is 0 Å². The fourth-order valence-corrected chi connectivity index (χ4v) is 4.00. The van der Waals surface area contributed by atoms with Crippen molar-refractivity contribution in [3.63, 3.8) is 0 Å². The lowest BCUT2D eigenvalue weighted by Gasteiger charge is -2.10. The number of sulfonamides is 2. The van der Waals surface area contributed by atoms with Gasteiger partial charge in [-0.2, -0.15) is 0 Å². The molecule has 25 heavy (non-hydrogen) atoms. The number of hydrogen-bond acceptors (Lipinski definition) is 5. The quantitative estimate of drug-likeness (QED) is 0.660. The summed E-state index contributed by atoms with van der Waals surface area (Å²) in [7, 11) is -7.82. The largest absolute Gasteiger partial charge is 0.395 e. The summed E-state index contributed by atoms with van der Waals surface area (Å²) in [5.41, 5.74) is 0.442. The first kappa shape index (κ1) is 19.3. The number of halogens is 1. The molecule has 0 aliphatic carbocycles. The van der Waals surface area contributed by atoms with Crippen molar-refractivity contribution in [3.8, 4) is 0 Å². The smallest absolute Gasteiger partial charge is 0.261 e. The van der Waals surface area contributed by atoms with Crippen LogP contribution in [0.25, 0.3) is 0 Å². The van der Waals surface area contributed by atoms with E-state index in [-0.39, 0.29) is 28.6 Å². The molecule has 0 fully saturated rings. The molecule has 2 rings (SSSR count). The van der Waals surface area contributed by atoms with Crippen molar-refractivity contribution in [2.45, 2.75) is 16.7 Å². The lowest BCUT2D eigenvalue weighted by atomic mass is 10.2. The molecule has 0 aliphatic rings. The van der Waals surface area contributed by atoms with Crippen LogP contribution in [0, 0.1) is 12.7 Å². The zero-order chi connectivity index (χ0) is 18.7. The molecule has 0 saturated carbocycles. The second kappa shape index (κ2) is 7.48. The van der Waals surface area contributed by atoms with E-state index in [4.69, 9.17) is 5.11 Å². The van der Waals surface area contributed by atoms with Gasteiger partial charge >= 0.3 is 0 Å². The normalized spacial score (nSPS) is 12.1. The number of hydrogen-bond donors (Lipinski definition) is 3. The molecule has 136 valence electrons. The second-order valence-corrected chi connectivity index (χ2v) is 8.61. The van der Waals surface area contributed by atoms with Gasteiger partial charge in [0.1, 0.15) is 5.82 Å². The maximum atomic E-state index is 13.5. The summed E-state index contributed by atoms with van der Waals surface area (Å²) >= 11 is 0. The van der Waals surface area contributed by atoms with Crippen molar-refractivity contribution >= 4 is 25.7 Å². The average Bonchev–Trinajstić information content (AvgIpc) is 2.56. The summed E-state index contributed by atoms with van der Waals surface area (Å²) in [6.07, 6.45) is 0. The molecule has 0 aliphatic heterocycles. The van der Waals surface area contributed by atoms with E-state index in [0.29, 0.717) is 5.56 Å². The number of nitrogens with one attached hydrogen (secondary N) is 2. The maximum absolute atomic E-state index is 13.5. The number of benzene rings is 2. The Labute approximate surface area is 145 Å². The summed E-state index contributed by atoms with van der Waals surface area (Å²) < 4.78 is 66.3. The number of rotatable bonds is 7. The van der Waals surface area contributed by atoms with Crippen LogP contribution in [-0.4, -0.2) is 35.1 Å². The Hall–Kier alpha value is -2.01. The summed E-state index contributed by atoms with van der Waals surface area (Å²) in [6, 6.07) is 8.43. The molecule has 0 aromatic heterocycles. The predicted molar refractivity (Wildman–Crippen MR) is 90.7 cm³/mol. The van der Waals surface area contributed by atoms with E-state index in [1.807, 2.05) is 0 Å². The second-order valence-electron chi connectivity index (χ2n) is 5.16. The number of aliphatic hydroxyl groups excluding tert-OH is 1. The minimum absolute atomic E-state index is 0.0596. The lowest BCUT2D eigenvalue weighted by Crippen LogP contribution is -2.26. The van der Waals surface area contributed by atoms with E-state index in [2.05, 4.69) is 9.44 Å². The highest BCUT2D eigenvalue weighted by molar-refractivity contribution is 7.92. The third kappa shape index (κ3) is 4.75. The molecule has 10 heteroatoms. The zero-order valence-electron chi connectivity index (χ0n) is 13.2. The number of aliphatic hydroxyl groups is 1. The molecule has 2 aromatic rings. The van der Waals surface area contributed by atoms with E-state index >= 15 is 0 Å². The Morgan fingerprint density at radius 3 is 2.04 bits per heavy atom. The van der Waals surface area contributed by atoms with Crippen LogP contribution in [-0.2, 0) is 20.0 Å². The first-order valence-electron chi connectivity index (χ1n) is 7.15. The summed E-state index contributed by atoms with van der Waals surface area (Å²) in [6.45, 7) is 1.04. The number of aryl methyl sites for hydroxylation is 1. The van der Waals surface area contributed by atoms with Crippen LogP contribution in [0.3, 0.4) is 0 Å². The van der Waals surface area contributed by atoms with E-state index < -0.39 is 25.9 Å². The van der Waals surface area contributed by atoms with Gasteiger partial charge in [0.05, 0.1) is 22.1 Å². The highest BCUT2D eigenvalue weighted by Crippen LogP contribution is 2.20. The minimum Gasteiger partial charge on any atom is -0.395 e. The summed E-state index contributed by atoms with van der Waals surface area (Å²) in [5, 5.41) is 8.66. The predicted octanol–water partition coefficient (Wildman–Crippen LogP) is 1.21. The Morgan fingerprint density at radius 1 is 0.960 bits per heavy atom. The molecule has 0 spiro atoms. The SMILES string of the molecule is Cc1ccc(NS(=O)(=O)c2ccc(S(=O)(=O)NCCO)cc2)cc1F. The molecule has 0 radical (unpaired) electrons. The minimum atomic E-state index is -3.99. The molecule has 0 bridgehead atoms. The first-order chi connectivity index (χ1) is 11.7. The van der Waals surface area contributed by atoms with Crippen LogP contribution >= 0.6 is 0 Å². The van der Waals surface area contributed by atoms with Gasteiger partial charge < -0.3 is 5.11 Å². The van der Waals surface area contributed by atoms with Crippen LogP contribution in [0.4, 0.5) is 10.1 Å². The Balaban J connectivity index is 2.24. The van der Waals surface area contributed by atoms with Gasteiger partial charge in [0.25, 0.3) is 10.0 Å². The van der Waals surface area contributed by atoms with Crippen molar-refractivity contribution in [3.05, 3.63) is 53.8 Å². The monoisotopic (exact) mass is 388 g/mol. The fourth-order valence-electron chi connectivity index (χ4n) is 1.93. The van der Waals surface area contributed by atoms with Crippen LogP contribution in [0.1, 0.15) is 5.56 Å². The van der Waals surface area contributed by atoms with Gasteiger partial charge in [-0.05, 0) is 48.9 Å². The van der Waals surface area contributed by atoms with Crippen LogP contribution in [0.15, 0.2) is 52.3 Å². The third-order valence-electron chi connectivity index (χ3n) is 3.27. The van der Waals surface area contributed by atoms with Crippen LogP contribution in [0.5, 0.6) is 0 Å². The van der Waals surface area contributed by atoms with Gasteiger partial charge in [0.2, 0.25) is 10.0 Å². The van der Waals surface area contributed by atoms with Crippen LogP contribution < -0.4 is 9.44 Å². The third-order valence-corrected chi connectivity index (χ3v) is 6.15. The van der Waals surface area contributed by atoms with E-state index in [1.54, 1.807) is 6.92 Å². The first-order valence-corrected chi connectivity index (χ1v) is 10.1.